The molecule has 2 aromatic rings. The molecule has 25 heavy (non-hydrogen) atoms. The van der Waals surface area contributed by atoms with Crippen molar-refractivity contribution >= 4 is 17.2 Å². The monoisotopic (exact) mass is 339 g/mol. The number of ether oxygens (including phenoxy) is 1. The first-order valence-corrected chi connectivity index (χ1v) is 9.25. The Hall–Kier alpha value is -2.29. The molecule has 0 bridgehead atoms. The molecule has 0 aliphatic heterocycles. The van der Waals surface area contributed by atoms with E-state index in [0.717, 1.165) is 60.4 Å². The van der Waals surface area contributed by atoms with Crippen LogP contribution >= 0.6 is 0 Å². The predicted octanol–water partition coefficient (Wildman–Crippen LogP) is 6.15. The van der Waals surface area contributed by atoms with Gasteiger partial charge < -0.3 is 10.1 Å². The summed E-state index contributed by atoms with van der Waals surface area (Å²) in [6, 6.07) is 13.9. The molecule has 0 heterocycles. The maximum atomic E-state index is 12.7. The van der Waals surface area contributed by atoms with Gasteiger partial charge in [-0.15, -0.1) is 0 Å². The number of aryl methyl sites for hydroxylation is 1. The van der Waals surface area contributed by atoms with Gasteiger partial charge in [0.15, 0.2) is 5.78 Å². The molecule has 0 fully saturated rings. The Morgan fingerprint density at radius 2 is 1.80 bits per heavy atom. The fourth-order valence-electron chi connectivity index (χ4n) is 2.87. The van der Waals surface area contributed by atoms with Gasteiger partial charge in [0.2, 0.25) is 0 Å². The molecule has 0 aliphatic carbocycles. The van der Waals surface area contributed by atoms with Crippen molar-refractivity contribution in [3.8, 4) is 5.75 Å². The van der Waals surface area contributed by atoms with Gasteiger partial charge in [-0.3, -0.25) is 4.79 Å². The Balaban J connectivity index is 2.28. The molecule has 134 valence electrons. The van der Waals surface area contributed by atoms with Crippen LogP contribution in [0.15, 0.2) is 42.5 Å². The summed E-state index contributed by atoms with van der Waals surface area (Å²) < 4.78 is 5.40. The number of Topliss-reactive ketones (excluding diaryl/α,β-unsaturated/α-hetero) is 1. The average molecular weight is 339 g/mol. The van der Waals surface area contributed by atoms with Crippen molar-refractivity contribution in [3.63, 3.8) is 0 Å². The lowest BCUT2D eigenvalue weighted by molar-refractivity contribution is 0.0979. The van der Waals surface area contributed by atoms with Crippen molar-refractivity contribution in [3.05, 3.63) is 53.6 Å². The molecular weight excluding hydrogens is 310 g/mol. The Bertz CT molecular complexity index is 694. The number of rotatable bonds is 10. The third-order valence-electron chi connectivity index (χ3n) is 4.35. The Labute approximate surface area is 151 Å². The first-order chi connectivity index (χ1) is 12.2. The second-order valence-corrected chi connectivity index (χ2v) is 6.33. The van der Waals surface area contributed by atoms with Crippen LogP contribution in [0.25, 0.3) is 0 Å². The first kappa shape index (κ1) is 19.0. The van der Waals surface area contributed by atoms with Crippen LogP contribution in [0.4, 0.5) is 11.4 Å². The van der Waals surface area contributed by atoms with Gasteiger partial charge in [-0.1, -0.05) is 44.9 Å². The van der Waals surface area contributed by atoms with Gasteiger partial charge >= 0.3 is 0 Å². The summed E-state index contributed by atoms with van der Waals surface area (Å²) in [4.78, 5) is 12.7. The predicted molar refractivity (Wildman–Crippen MR) is 105 cm³/mol. The molecule has 0 atom stereocenters. The smallest absolute Gasteiger partial charge is 0.163 e. The maximum absolute atomic E-state index is 12.7. The molecule has 0 spiro atoms. The summed E-state index contributed by atoms with van der Waals surface area (Å²) in [7, 11) is 1.66. The van der Waals surface area contributed by atoms with Crippen LogP contribution in [-0.2, 0) is 6.42 Å². The standard InChI is InChI=1S/C22H29NO2/c1-4-6-10-17-14-15-18(16-19(17)21(24)12-7-5-2)23-20-11-8-9-13-22(20)25-3/h8-9,11,13-16,23H,4-7,10,12H2,1-3H3. The highest BCUT2D eigenvalue weighted by Crippen LogP contribution is 2.29. The molecule has 0 radical (unpaired) electrons. The number of carbonyl (C=O) groups excluding carboxylic acids is 1. The SMILES string of the molecule is CCCCC(=O)c1cc(Nc2ccccc2OC)ccc1CCCC. The molecule has 1 N–H and O–H groups in total. The summed E-state index contributed by atoms with van der Waals surface area (Å²) in [6.07, 6.45) is 5.79. The van der Waals surface area contributed by atoms with Crippen LogP contribution in [0.5, 0.6) is 5.75 Å². The molecule has 0 saturated heterocycles. The van der Waals surface area contributed by atoms with Gasteiger partial charge in [0, 0.05) is 17.7 Å². The number of carbonyl (C=O) groups is 1. The number of nitrogens with one attached hydrogen (secondary N) is 1. The van der Waals surface area contributed by atoms with E-state index in [0.29, 0.717) is 6.42 Å². The third kappa shape index (κ3) is 5.35. The maximum Gasteiger partial charge on any atom is 0.163 e. The van der Waals surface area contributed by atoms with Gasteiger partial charge in [0.1, 0.15) is 5.75 Å². The minimum absolute atomic E-state index is 0.247. The van der Waals surface area contributed by atoms with Crippen molar-refractivity contribution in [1.29, 1.82) is 0 Å². The average Bonchev–Trinajstić information content (AvgIpc) is 2.65. The van der Waals surface area contributed by atoms with Gasteiger partial charge in [-0.25, -0.2) is 0 Å². The van der Waals surface area contributed by atoms with Crippen molar-refractivity contribution in [2.75, 3.05) is 12.4 Å². The summed E-state index contributed by atoms with van der Waals surface area (Å²) in [6.45, 7) is 4.29. The van der Waals surface area contributed by atoms with Crippen LogP contribution < -0.4 is 10.1 Å². The second-order valence-electron chi connectivity index (χ2n) is 6.33. The lowest BCUT2D eigenvalue weighted by Crippen LogP contribution is -2.05. The Kier molecular flexibility index (Phi) is 7.52. The van der Waals surface area contributed by atoms with E-state index in [1.807, 2.05) is 36.4 Å². The van der Waals surface area contributed by atoms with Crippen molar-refractivity contribution < 1.29 is 9.53 Å². The first-order valence-electron chi connectivity index (χ1n) is 9.25. The highest BCUT2D eigenvalue weighted by Gasteiger charge is 2.13. The minimum atomic E-state index is 0.247. The van der Waals surface area contributed by atoms with Gasteiger partial charge in [-0.2, -0.15) is 0 Å². The number of hydrogen-bond donors (Lipinski definition) is 1. The lowest BCUT2D eigenvalue weighted by Gasteiger charge is -2.14. The van der Waals surface area contributed by atoms with E-state index in [9.17, 15) is 4.79 Å². The molecule has 0 amide bonds. The van der Waals surface area contributed by atoms with E-state index in [-0.39, 0.29) is 5.78 Å². The van der Waals surface area contributed by atoms with Gasteiger partial charge in [-0.05, 0) is 49.1 Å². The van der Waals surface area contributed by atoms with E-state index in [4.69, 9.17) is 4.74 Å². The van der Waals surface area contributed by atoms with E-state index in [2.05, 4.69) is 25.2 Å². The van der Waals surface area contributed by atoms with Gasteiger partial charge in [0.05, 0.1) is 12.8 Å². The summed E-state index contributed by atoms with van der Waals surface area (Å²) in [5.41, 5.74) is 3.85. The van der Waals surface area contributed by atoms with Crippen LogP contribution in [0, 0.1) is 0 Å². The third-order valence-corrected chi connectivity index (χ3v) is 4.35. The molecule has 3 nitrogen and oxygen atoms in total. The summed E-state index contributed by atoms with van der Waals surface area (Å²) in [5, 5.41) is 3.38. The van der Waals surface area contributed by atoms with Crippen LogP contribution in [0.3, 0.4) is 0 Å². The van der Waals surface area contributed by atoms with Crippen molar-refractivity contribution in [2.24, 2.45) is 0 Å². The molecule has 3 heteroatoms. The zero-order chi connectivity index (χ0) is 18.1. The Morgan fingerprint density at radius 3 is 2.52 bits per heavy atom. The zero-order valence-corrected chi connectivity index (χ0v) is 15.6. The van der Waals surface area contributed by atoms with Crippen molar-refractivity contribution in [2.45, 2.75) is 52.4 Å². The largest absolute Gasteiger partial charge is 0.495 e. The molecular formula is C22H29NO2. The van der Waals surface area contributed by atoms with Crippen LogP contribution in [0.2, 0.25) is 0 Å². The Morgan fingerprint density at radius 1 is 1.04 bits per heavy atom. The van der Waals surface area contributed by atoms with Crippen LogP contribution in [-0.4, -0.2) is 12.9 Å². The topological polar surface area (TPSA) is 38.3 Å². The number of anilines is 2. The number of methoxy groups -OCH3 is 1. The summed E-state index contributed by atoms with van der Waals surface area (Å²) >= 11 is 0. The number of ketones is 1. The van der Waals surface area contributed by atoms with Crippen molar-refractivity contribution in [1.82, 2.24) is 0 Å². The minimum Gasteiger partial charge on any atom is -0.495 e. The fourth-order valence-corrected chi connectivity index (χ4v) is 2.87. The molecule has 0 aromatic heterocycles. The fraction of sp³-hybridized carbons (Fsp3) is 0.409. The summed E-state index contributed by atoms with van der Waals surface area (Å²) in [5.74, 6) is 1.04. The highest BCUT2D eigenvalue weighted by molar-refractivity contribution is 5.98. The molecule has 2 rings (SSSR count). The van der Waals surface area contributed by atoms with E-state index in [1.54, 1.807) is 7.11 Å². The zero-order valence-electron chi connectivity index (χ0n) is 15.6. The number of unbranched alkanes of at least 4 members (excludes halogenated alkanes) is 2. The molecule has 2 aromatic carbocycles. The number of para-hydroxylation sites is 2. The molecule has 0 aliphatic rings. The number of hydrogen-bond acceptors (Lipinski definition) is 3. The highest BCUT2D eigenvalue weighted by atomic mass is 16.5. The van der Waals surface area contributed by atoms with E-state index in [1.165, 1.54) is 0 Å². The quantitative estimate of drug-likeness (QED) is 0.527. The van der Waals surface area contributed by atoms with Gasteiger partial charge in [0.25, 0.3) is 0 Å². The molecule has 0 saturated carbocycles. The van der Waals surface area contributed by atoms with Crippen LogP contribution in [0.1, 0.15) is 61.9 Å². The van der Waals surface area contributed by atoms with E-state index >= 15 is 0 Å². The normalized spacial score (nSPS) is 10.5. The second kappa shape index (κ2) is 9.87. The number of benzene rings is 2. The molecule has 0 unspecified atom stereocenters. The lowest BCUT2D eigenvalue weighted by atomic mass is 9.96. The van der Waals surface area contributed by atoms with E-state index < -0.39 is 0 Å².